The summed E-state index contributed by atoms with van der Waals surface area (Å²) in [5.41, 5.74) is 11.2. The molecule has 1 atom stereocenters. The summed E-state index contributed by atoms with van der Waals surface area (Å²) in [7, 11) is 4.77. The third-order valence-electron chi connectivity index (χ3n) is 5.94. The summed E-state index contributed by atoms with van der Waals surface area (Å²) in [5, 5.41) is 10.00. The maximum atomic E-state index is 10.00. The maximum Gasteiger partial charge on any atom is 0.142 e. The number of aryl methyl sites for hydroxylation is 1. The minimum absolute atomic E-state index is 0.231. The van der Waals surface area contributed by atoms with Gasteiger partial charge in [-0.2, -0.15) is 5.26 Å². The fourth-order valence-electron chi connectivity index (χ4n) is 4.43. The van der Waals surface area contributed by atoms with Gasteiger partial charge in [-0.1, -0.05) is 30.3 Å². The van der Waals surface area contributed by atoms with Crippen molar-refractivity contribution in [3.05, 3.63) is 64.8 Å². The Balaban J connectivity index is 1.98. The van der Waals surface area contributed by atoms with Crippen LogP contribution in [0.2, 0.25) is 0 Å². The number of ether oxygens (including phenoxy) is 3. The average Bonchev–Trinajstić information content (AvgIpc) is 2.82. The normalized spacial score (nSPS) is 15.0. The largest absolute Gasteiger partial charge is 0.496 e. The summed E-state index contributed by atoms with van der Waals surface area (Å²) in [4.78, 5) is 4.59. The van der Waals surface area contributed by atoms with Crippen molar-refractivity contribution in [2.24, 2.45) is 0 Å². The van der Waals surface area contributed by atoms with Crippen LogP contribution >= 0.6 is 0 Å². The molecule has 0 saturated carbocycles. The molecule has 2 N–H and O–H groups in total. The highest BCUT2D eigenvalue weighted by atomic mass is 16.5. The van der Waals surface area contributed by atoms with Crippen LogP contribution in [0.5, 0.6) is 17.2 Å². The summed E-state index contributed by atoms with van der Waals surface area (Å²) < 4.78 is 16.8. The molecule has 1 aliphatic carbocycles. The van der Waals surface area contributed by atoms with E-state index in [1.165, 1.54) is 5.56 Å². The van der Waals surface area contributed by atoms with Gasteiger partial charge >= 0.3 is 0 Å². The molecule has 3 aromatic rings. The molecule has 0 amide bonds. The van der Waals surface area contributed by atoms with Crippen LogP contribution in [0.25, 0.3) is 11.1 Å². The van der Waals surface area contributed by atoms with E-state index in [4.69, 9.17) is 19.9 Å². The van der Waals surface area contributed by atoms with Crippen LogP contribution in [0.4, 0.5) is 5.82 Å². The van der Waals surface area contributed by atoms with Crippen LogP contribution < -0.4 is 19.9 Å². The molecular formula is C25H25N3O3. The van der Waals surface area contributed by atoms with Crippen molar-refractivity contribution in [3.63, 3.8) is 0 Å². The van der Waals surface area contributed by atoms with Crippen molar-refractivity contribution in [2.75, 3.05) is 27.1 Å². The Hall–Kier alpha value is -3.72. The SMILES string of the molecule is COc1cc(OC)c(-c2c(C#N)c(N)nc3c2CC(c2ccccc2)CC3)c(OC)c1. The first-order chi connectivity index (χ1) is 15.1. The van der Waals surface area contributed by atoms with Gasteiger partial charge in [0.15, 0.2) is 0 Å². The Kier molecular flexibility index (Phi) is 5.68. The van der Waals surface area contributed by atoms with Gasteiger partial charge in [0.05, 0.1) is 26.9 Å². The first-order valence-corrected chi connectivity index (χ1v) is 10.2. The number of nitrogen functional groups attached to an aromatic ring is 1. The van der Waals surface area contributed by atoms with Gasteiger partial charge in [0, 0.05) is 23.4 Å². The van der Waals surface area contributed by atoms with E-state index in [2.05, 4.69) is 35.3 Å². The second kappa shape index (κ2) is 8.57. The highest BCUT2D eigenvalue weighted by Crippen LogP contribution is 2.48. The Morgan fingerprint density at radius 2 is 1.68 bits per heavy atom. The molecule has 158 valence electrons. The second-order valence-corrected chi connectivity index (χ2v) is 7.54. The lowest BCUT2D eigenvalue weighted by molar-refractivity contribution is 0.377. The third kappa shape index (κ3) is 3.64. The van der Waals surface area contributed by atoms with Crippen LogP contribution in [0.15, 0.2) is 42.5 Å². The smallest absolute Gasteiger partial charge is 0.142 e. The van der Waals surface area contributed by atoms with Crippen LogP contribution in [0.3, 0.4) is 0 Å². The number of hydrogen-bond donors (Lipinski definition) is 1. The maximum absolute atomic E-state index is 10.00. The van der Waals surface area contributed by atoms with Crippen LogP contribution in [-0.2, 0) is 12.8 Å². The van der Waals surface area contributed by atoms with E-state index in [1.807, 2.05) is 6.07 Å². The van der Waals surface area contributed by atoms with Crippen LogP contribution in [0, 0.1) is 11.3 Å². The minimum Gasteiger partial charge on any atom is -0.496 e. The summed E-state index contributed by atoms with van der Waals surface area (Å²) in [6.45, 7) is 0. The molecule has 0 saturated heterocycles. The number of nitrogens with two attached hydrogens (primary N) is 1. The molecule has 6 heteroatoms. The van der Waals surface area contributed by atoms with E-state index in [-0.39, 0.29) is 5.82 Å². The zero-order valence-electron chi connectivity index (χ0n) is 17.9. The second-order valence-electron chi connectivity index (χ2n) is 7.54. The standard InChI is InChI=1S/C25H25N3O3/c1-29-17-12-21(30-2)24(22(13-17)31-3)23-18-11-16(15-7-5-4-6-8-15)9-10-20(18)28-25(27)19(23)14-26/h4-8,12-13,16H,9-11H2,1-3H3,(H2,27,28). The van der Waals surface area contributed by atoms with Crippen LogP contribution in [-0.4, -0.2) is 26.3 Å². The Morgan fingerprint density at radius 3 is 2.26 bits per heavy atom. The van der Waals surface area contributed by atoms with Gasteiger partial charge in [0.1, 0.15) is 34.7 Å². The van der Waals surface area contributed by atoms with Gasteiger partial charge in [-0.15, -0.1) is 0 Å². The first kappa shape index (κ1) is 20.5. The molecular weight excluding hydrogens is 390 g/mol. The van der Waals surface area contributed by atoms with Crippen molar-refractivity contribution in [1.29, 1.82) is 5.26 Å². The van der Waals surface area contributed by atoms with Crippen molar-refractivity contribution in [1.82, 2.24) is 4.98 Å². The molecule has 0 radical (unpaired) electrons. The summed E-state index contributed by atoms with van der Waals surface area (Å²) in [6.07, 6.45) is 2.53. The van der Waals surface area contributed by atoms with E-state index in [0.717, 1.165) is 36.1 Å². The molecule has 1 aromatic heterocycles. The lowest BCUT2D eigenvalue weighted by Gasteiger charge is -2.28. The number of hydrogen-bond acceptors (Lipinski definition) is 6. The molecule has 1 aliphatic rings. The number of methoxy groups -OCH3 is 3. The van der Waals surface area contributed by atoms with Gasteiger partial charge in [-0.3, -0.25) is 0 Å². The zero-order valence-corrected chi connectivity index (χ0v) is 17.9. The average molecular weight is 415 g/mol. The van der Waals surface area contributed by atoms with Crippen molar-refractivity contribution in [3.8, 4) is 34.4 Å². The highest BCUT2D eigenvalue weighted by molar-refractivity contribution is 5.87. The van der Waals surface area contributed by atoms with E-state index in [0.29, 0.717) is 34.3 Å². The number of rotatable bonds is 5. The van der Waals surface area contributed by atoms with Gasteiger partial charge in [-0.25, -0.2) is 4.98 Å². The fourth-order valence-corrected chi connectivity index (χ4v) is 4.43. The summed E-state index contributed by atoms with van der Waals surface area (Å²) in [5.74, 6) is 2.28. The van der Waals surface area contributed by atoms with Crippen molar-refractivity contribution >= 4 is 5.82 Å². The highest BCUT2D eigenvalue weighted by Gasteiger charge is 2.30. The molecule has 0 aliphatic heterocycles. The van der Waals surface area contributed by atoms with Crippen molar-refractivity contribution < 1.29 is 14.2 Å². The molecule has 1 unspecified atom stereocenters. The quantitative estimate of drug-likeness (QED) is 0.660. The van der Waals surface area contributed by atoms with Crippen molar-refractivity contribution in [2.45, 2.75) is 25.2 Å². The lowest BCUT2D eigenvalue weighted by atomic mass is 9.78. The number of pyridine rings is 1. The predicted octanol–water partition coefficient (Wildman–Crippen LogP) is 4.50. The predicted molar refractivity (Wildman–Crippen MR) is 120 cm³/mol. The number of aromatic nitrogens is 1. The van der Waals surface area contributed by atoms with E-state index >= 15 is 0 Å². The Labute approximate surface area is 182 Å². The molecule has 31 heavy (non-hydrogen) atoms. The fraction of sp³-hybridized carbons (Fsp3) is 0.280. The molecule has 2 aromatic carbocycles. The van der Waals surface area contributed by atoms with Gasteiger partial charge in [0.25, 0.3) is 0 Å². The van der Waals surface area contributed by atoms with E-state index in [1.54, 1.807) is 33.5 Å². The topological polar surface area (TPSA) is 90.4 Å². The van der Waals surface area contributed by atoms with Gasteiger partial charge in [-0.05, 0) is 36.3 Å². The molecule has 0 bridgehead atoms. The molecule has 6 nitrogen and oxygen atoms in total. The van der Waals surface area contributed by atoms with Gasteiger partial charge < -0.3 is 19.9 Å². The molecule has 1 heterocycles. The Morgan fingerprint density at radius 1 is 1.00 bits per heavy atom. The molecule has 4 rings (SSSR count). The van der Waals surface area contributed by atoms with Crippen LogP contribution in [0.1, 0.15) is 34.7 Å². The van der Waals surface area contributed by atoms with E-state index < -0.39 is 0 Å². The number of anilines is 1. The first-order valence-electron chi connectivity index (χ1n) is 10.2. The summed E-state index contributed by atoms with van der Waals surface area (Å²) in [6, 6.07) is 16.3. The van der Waals surface area contributed by atoms with E-state index in [9.17, 15) is 5.26 Å². The minimum atomic E-state index is 0.231. The number of nitriles is 1. The third-order valence-corrected chi connectivity index (χ3v) is 5.94. The summed E-state index contributed by atoms with van der Waals surface area (Å²) >= 11 is 0. The Bertz CT molecular complexity index is 1130. The molecule has 0 fully saturated rings. The lowest BCUT2D eigenvalue weighted by Crippen LogP contribution is -2.18. The monoisotopic (exact) mass is 415 g/mol. The number of nitrogens with zero attached hydrogens (tertiary/aromatic N) is 2. The zero-order chi connectivity index (χ0) is 22.0. The van der Waals surface area contributed by atoms with Gasteiger partial charge in [0.2, 0.25) is 0 Å². The molecule has 0 spiro atoms. The number of benzene rings is 2. The number of fused-ring (bicyclic) bond motifs is 1.